The van der Waals surface area contributed by atoms with Gasteiger partial charge in [0.2, 0.25) is 0 Å². The predicted molar refractivity (Wildman–Crippen MR) is 172 cm³/mol. The zero-order chi connectivity index (χ0) is 28.9. The quantitative estimate of drug-likeness (QED) is 0.0928. The van der Waals surface area contributed by atoms with Crippen LogP contribution < -0.4 is 0 Å². The van der Waals surface area contributed by atoms with Crippen molar-refractivity contribution < 1.29 is 4.79 Å². The number of nitrogens with zero attached hydrogens (tertiary/aromatic N) is 3. The number of allylic oxidation sites excluding steroid dienone is 1. The molecule has 0 radical (unpaired) electrons. The van der Waals surface area contributed by atoms with Crippen LogP contribution in [0.25, 0.3) is 22.2 Å². The minimum atomic E-state index is -0.618. The van der Waals surface area contributed by atoms with E-state index in [2.05, 4.69) is 144 Å². The second-order valence-corrected chi connectivity index (χ2v) is 10.6. The third-order valence-electron chi connectivity index (χ3n) is 8.15. The minimum Gasteiger partial charge on any atom is -0.343 e. The molecule has 42 heavy (non-hydrogen) atoms. The fourth-order valence-corrected chi connectivity index (χ4v) is 6.29. The third-order valence-corrected chi connectivity index (χ3v) is 8.15. The summed E-state index contributed by atoms with van der Waals surface area (Å²) in [4.78, 5) is 16.5. The lowest BCUT2D eigenvalue weighted by Crippen LogP contribution is -2.38. The summed E-state index contributed by atoms with van der Waals surface area (Å²) in [6, 6.07) is 38.7. The second-order valence-electron chi connectivity index (χ2n) is 10.6. The zero-order valence-electron chi connectivity index (χ0n) is 24.0. The Balaban J connectivity index is 1.60. The van der Waals surface area contributed by atoms with Crippen molar-refractivity contribution in [2.75, 3.05) is 0 Å². The summed E-state index contributed by atoms with van der Waals surface area (Å²) < 4.78 is 4.58. The fourth-order valence-electron chi connectivity index (χ4n) is 6.29. The van der Waals surface area contributed by atoms with Gasteiger partial charge < -0.3 is 13.9 Å². The van der Waals surface area contributed by atoms with E-state index in [1.165, 1.54) is 22.3 Å². The van der Waals surface area contributed by atoms with Crippen molar-refractivity contribution in [1.82, 2.24) is 14.1 Å². The van der Waals surface area contributed by atoms with Gasteiger partial charge in [-0.1, -0.05) is 110 Å². The van der Waals surface area contributed by atoms with Gasteiger partial charge in [0, 0.05) is 48.2 Å². The summed E-state index contributed by atoms with van der Waals surface area (Å²) >= 11 is 0. The molecule has 0 saturated heterocycles. The van der Waals surface area contributed by atoms with Gasteiger partial charge in [0.15, 0.2) is 0 Å². The maximum atomic E-state index is 11.2. The maximum absolute atomic E-state index is 11.2. The summed E-state index contributed by atoms with van der Waals surface area (Å²) in [5.41, 5.74) is 7.20. The summed E-state index contributed by atoms with van der Waals surface area (Å²) in [5.74, 6) is 1.01. The number of imidazole rings is 1. The molecule has 0 saturated carbocycles. The van der Waals surface area contributed by atoms with Gasteiger partial charge in [0.05, 0.1) is 5.69 Å². The molecular formula is C38H35N3O. The molecule has 6 aromatic rings. The Hall–Kier alpha value is -4.96. The normalized spacial score (nSPS) is 11.5. The second kappa shape index (κ2) is 11.9. The molecule has 0 atom stereocenters. The Morgan fingerprint density at radius 2 is 1.40 bits per heavy atom. The lowest BCUT2D eigenvalue weighted by molar-refractivity contribution is -0.107. The Bertz CT molecular complexity index is 1720. The fraction of sp³-hybridized carbons (Fsp3) is 0.158. The molecule has 4 aromatic carbocycles. The Labute approximate surface area is 247 Å². The van der Waals surface area contributed by atoms with Gasteiger partial charge in [0.25, 0.3) is 0 Å². The molecule has 4 nitrogen and oxygen atoms in total. The lowest BCUT2D eigenvalue weighted by atomic mass is 9.76. The van der Waals surface area contributed by atoms with E-state index in [1.807, 2.05) is 6.08 Å². The van der Waals surface area contributed by atoms with Gasteiger partial charge in [0.1, 0.15) is 17.6 Å². The van der Waals surface area contributed by atoms with Gasteiger partial charge in [-0.25, -0.2) is 4.98 Å². The lowest BCUT2D eigenvalue weighted by Gasteiger charge is -2.38. The molecule has 0 fully saturated rings. The first-order valence-corrected chi connectivity index (χ1v) is 14.6. The topological polar surface area (TPSA) is 39.8 Å². The number of carbonyl (C=O) groups is 1. The van der Waals surface area contributed by atoms with Gasteiger partial charge in [-0.3, -0.25) is 0 Å². The van der Waals surface area contributed by atoms with E-state index in [4.69, 9.17) is 4.98 Å². The first-order valence-electron chi connectivity index (χ1n) is 14.6. The first-order chi connectivity index (χ1) is 20.7. The van der Waals surface area contributed by atoms with Crippen LogP contribution in [0.2, 0.25) is 0 Å². The first kappa shape index (κ1) is 27.2. The van der Waals surface area contributed by atoms with Crippen LogP contribution in [0.15, 0.2) is 134 Å². The van der Waals surface area contributed by atoms with E-state index in [1.54, 1.807) is 0 Å². The Morgan fingerprint density at radius 1 is 0.810 bits per heavy atom. The highest BCUT2D eigenvalue weighted by molar-refractivity contribution is 5.88. The molecule has 0 aliphatic carbocycles. The molecule has 2 aromatic heterocycles. The highest BCUT2D eigenvalue weighted by atomic mass is 16.1. The van der Waals surface area contributed by atoms with Gasteiger partial charge >= 0.3 is 0 Å². The largest absolute Gasteiger partial charge is 0.343 e. The number of hydrogen-bond acceptors (Lipinski definition) is 2. The number of fused-ring (bicyclic) bond motifs is 1. The minimum absolute atomic E-state index is 0.500. The SMILES string of the molecule is C=CCn1cc(CCC=O)c2cc(-c3cn(C(c4ccccc4)(c4ccccc4)c4ccccc4)c(CC)n3)ccc21. The van der Waals surface area contributed by atoms with Crippen LogP contribution in [0.5, 0.6) is 0 Å². The Kier molecular flexibility index (Phi) is 7.70. The number of benzene rings is 4. The molecule has 0 aliphatic rings. The van der Waals surface area contributed by atoms with Crippen molar-refractivity contribution in [2.45, 2.75) is 38.3 Å². The van der Waals surface area contributed by atoms with E-state index in [0.29, 0.717) is 12.8 Å². The molecule has 0 bridgehead atoms. The van der Waals surface area contributed by atoms with Crippen LogP contribution in [0, 0.1) is 0 Å². The number of aromatic nitrogens is 3. The number of hydrogen-bond donors (Lipinski definition) is 0. The maximum Gasteiger partial charge on any atom is 0.121 e. The molecule has 2 heterocycles. The van der Waals surface area contributed by atoms with Crippen molar-refractivity contribution in [3.8, 4) is 11.3 Å². The van der Waals surface area contributed by atoms with Crippen molar-refractivity contribution in [2.24, 2.45) is 0 Å². The van der Waals surface area contributed by atoms with Crippen molar-refractivity contribution in [3.05, 3.63) is 162 Å². The van der Waals surface area contributed by atoms with Gasteiger partial charge in [-0.2, -0.15) is 0 Å². The summed E-state index contributed by atoms with van der Waals surface area (Å²) in [6.45, 7) is 6.82. The summed E-state index contributed by atoms with van der Waals surface area (Å²) in [6.07, 6.45) is 9.26. The van der Waals surface area contributed by atoms with Crippen LogP contribution in [-0.2, 0) is 29.7 Å². The van der Waals surface area contributed by atoms with Crippen molar-refractivity contribution in [3.63, 3.8) is 0 Å². The Morgan fingerprint density at radius 3 is 1.93 bits per heavy atom. The monoisotopic (exact) mass is 549 g/mol. The molecule has 208 valence electrons. The predicted octanol–water partition coefficient (Wildman–Crippen LogP) is 8.22. The van der Waals surface area contributed by atoms with Crippen LogP contribution in [0.4, 0.5) is 0 Å². The molecule has 6 rings (SSSR count). The van der Waals surface area contributed by atoms with E-state index in [-0.39, 0.29) is 0 Å². The molecule has 0 unspecified atom stereocenters. The standard InChI is InChI=1S/C38H35N3O/c1-3-24-40-27-30(15-14-25-42)34-26-29(22-23-36(34)40)35-28-41(37(4-2)39-35)38(31-16-8-5-9-17-31,32-18-10-6-11-19-32)33-20-12-7-13-21-33/h3,5-13,16-23,25-28H,1,4,14-15,24H2,2H3. The van der Waals surface area contributed by atoms with Crippen LogP contribution in [0.3, 0.4) is 0 Å². The molecular weight excluding hydrogens is 514 g/mol. The zero-order valence-corrected chi connectivity index (χ0v) is 24.0. The summed E-state index contributed by atoms with van der Waals surface area (Å²) in [5, 5.41) is 1.16. The van der Waals surface area contributed by atoms with Crippen molar-refractivity contribution >= 4 is 17.2 Å². The highest BCUT2D eigenvalue weighted by Gasteiger charge is 2.40. The smallest absolute Gasteiger partial charge is 0.121 e. The highest BCUT2D eigenvalue weighted by Crippen LogP contribution is 2.43. The van der Waals surface area contributed by atoms with Crippen LogP contribution >= 0.6 is 0 Å². The van der Waals surface area contributed by atoms with Crippen LogP contribution in [-0.4, -0.2) is 20.4 Å². The summed E-state index contributed by atoms with van der Waals surface area (Å²) in [7, 11) is 0. The number of aryl methyl sites for hydroxylation is 2. The number of rotatable bonds is 11. The van der Waals surface area contributed by atoms with Gasteiger partial charge in [-0.15, -0.1) is 6.58 Å². The van der Waals surface area contributed by atoms with E-state index >= 15 is 0 Å². The molecule has 4 heteroatoms. The van der Waals surface area contributed by atoms with Gasteiger partial charge in [-0.05, 0) is 40.8 Å². The van der Waals surface area contributed by atoms with E-state index in [0.717, 1.165) is 47.2 Å². The molecule has 0 spiro atoms. The van der Waals surface area contributed by atoms with E-state index < -0.39 is 5.54 Å². The average Bonchev–Trinajstić information content (AvgIpc) is 3.64. The number of aldehydes is 1. The van der Waals surface area contributed by atoms with Crippen LogP contribution in [0.1, 0.15) is 41.4 Å². The molecule has 0 aliphatic heterocycles. The molecule has 0 amide bonds. The number of carbonyl (C=O) groups excluding carboxylic acids is 1. The third kappa shape index (κ3) is 4.69. The van der Waals surface area contributed by atoms with Crippen molar-refractivity contribution in [1.29, 1.82) is 0 Å². The molecule has 0 N–H and O–H groups in total. The average molecular weight is 550 g/mol. The van der Waals surface area contributed by atoms with E-state index in [9.17, 15) is 4.79 Å².